The standard InChI is InChI=1S/C13H13N3O5S/c1-8-2-3-9(6-11(8)14)15-12-5-4-10(22(19,20)21)7-13(12)16(17)18/h2-7,15H,14H2,1H3,(H,19,20,21). The van der Waals surface area contributed by atoms with Crippen LogP contribution in [-0.4, -0.2) is 17.9 Å². The van der Waals surface area contributed by atoms with Crippen LogP contribution in [0.1, 0.15) is 5.56 Å². The molecule has 4 N–H and O–H groups in total. The molecule has 2 rings (SSSR count). The first-order valence-electron chi connectivity index (χ1n) is 6.07. The predicted molar refractivity (Wildman–Crippen MR) is 81.8 cm³/mol. The van der Waals surface area contributed by atoms with E-state index in [1.165, 1.54) is 6.07 Å². The van der Waals surface area contributed by atoms with Crippen molar-refractivity contribution >= 4 is 32.9 Å². The molecule has 0 unspecified atom stereocenters. The van der Waals surface area contributed by atoms with E-state index in [4.69, 9.17) is 10.3 Å². The van der Waals surface area contributed by atoms with Crippen molar-refractivity contribution in [1.29, 1.82) is 0 Å². The van der Waals surface area contributed by atoms with Crippen LogP contribution in [-0.2, 0) is 10.1 Å². The fourth-order valence-electron chi connectivity index (χ4n) is 1.80. The molecular formula is C13H13N3O5S. The molecule has 0 aromatic heterocycles. The molecule has 0 saturated heterocycles. The largest absolute Gasteiger partial charge is 0.398 e. The maximum atomic E-state index is 11.1. The molecule has 116 valence electrons. The van der Waals surface area contributed by atoms with E-state index in [0.717, 1.165) is 17.7 Å². The predicted octanol–water partition coefficient (Wildman–Crippen LogP) is 2.48. The minimum Gasteiger partial charge on any atom is -0.398 e. The number of hydrogen-bond donors (Lipinski definition) is 3. The quantitative estimate of drug-likeness (QED) is 0.340. The lowest BCUT2D eigenvalue weighted by molar-refractivity contribution is -0.384. The zero-order valence-corrected chi connectivity index (χ0v) is 12.3. The van der Waals surface area contributed by atoms with Gasteiger partial charge in [0.15, 0.2) is 0 Å². The maximum Gasteiger partial charge on any atom is 0.294 e. The summed E-state index contributed by atoms with van der Waals surface area (Å²) >= 11 is 0. The second kappa shape index (κ2) is 5.62. The lowest BCUT2D eigenvalue weighted by Gasteiger charge is -2.09. The van der Waals surface area contributed by atoms with Crippen molar-refractivity contribution < 1.29 is 17.9 Å². The van der Waals surface area contributed by atoms with Crippen LogP contribution in [0.5, 0.6) is 0 Å². The number of nitro groups is 1. The molecule has 22 heavy (non-hydrogen) atoms. The molecule has 9 heteroatoms. The summed E-state index contributed by atoms with van der Waals surface area (Å²) in [6, 6.07) is 8.10. The molecule has 2 aromatic rings. The molecule has 0 radical (unpaired) electrons. The highest BCUT2D eigenvalue weighted by molar-refractivity contribution is 7.85. The van der Waals surface area contributed by atoms with Crippen LogP contribution in [0.25, 0.3) is 0 Å². The fraction of sp³-hybridized carbons (Fsp3) is 0.0769. The topological polar surface area (TPSA) is 136 Å². The minimum atomic E-state index is -4.51. The molecule has 2 aromatic carbocycles. The van der Waals surface area contributed by atoms with Gasteiger partial charge in [-0.1, -0.05) is 6.07 Å². The first-order chi connectivity index (χ1) is 10.2. The van der Waals surface area contributed by atoms with E-state index in [-0.39, 0.29) is 5.69 Å². The van der Waals surface area contributed by atoms with Gasteiger partial charge in [-0.15, -0.1) is 0 Å². The summed E-state index contributed by atoms with van der Waals surface area (Å²) in [5.74, 6) is 0. The summed E-state index contributed by atoms with van der Waals surface area (Å²) < 4.78 is 31.1. The molecule has 0 aliphatic carbocycles. The van der Waals surface area contributed by atoms with Gasteiger partial charge in [0.2, 0.25) is 0 Å². The Morgan fingerprint density at radius 1 is 1.23 bits per heavy atom. The zero-order valence-electron chi connectivity index (χ0n) is 11.5. The van der Waals surface area contributed by atoms with Gasteiger partial charge in [-0.3, -0.25) is 14.7 Å². The highest BCUT2D eigenvalue weighted by Crippen LogP contribution is 2.31. The summed E-state index contributed by atoms with van der Waals surface area (Å²) in [4.78, 5) is 9.79. The van der Waals surface area contributed by atoms with E-state index in [1.807, 2.05) is 6.92 Å². The zero-order chi connectivity index (χ0) is 16.5. The molecule has 0 aliphatic rings. The Labute approximate surface area is 126 Å². The number of nitrogens with zero attached hydrogens (tertiary/aromatic N) is 1. The van der Waals surface area contributed by atoms with Crippen molar-refractivity contribution in [1.82, 2.24) is 0 Å². The Kier molecular flexibility index (Phi) is 4.02. The van der Waals surface area contributed by atoms with Gasteiger partial charge in [0.25, 0.3) is 15.8 Å². The van der Waals surface area contributed by atoms with Crippen LogP contribution in [0.4, 0.5) is 22.7 Å². The van der Waals surface area contributed by atoms with Crippen LogP contribution in [0.15, 0.2) is 41.3 Å². The summed E-state index contributed by atoms with van der Waals surface area (Å²) in [6.45, 7) is 1.82. The highest BCUT2D eigenvalue weighted by atomic mass is 32.2. The minimum absolute atomic E-state index is 0.0839. The summed E-state index contributed by atoms with van der Waals surface area (Å²) in [7, 11) is -4.51. The highest BCUT2D eigenvalue weighted by Gasteiger charge is 2.20. The number of aryl methyl sites for hydroxylation is 1. The Morgan fingerprint density at radius 3 is 2.45 bits per heavy atom. The molecule has 0 saturated carbocycles. The Morgan fingerprint density at radius 2 is 1.91 bits per heavy atom. The smallest absolute Gasteiger partial charge is 0.294 e. The molecule has 0 fully saturated rings. The Hall–Kier alpha value is -2.65. The number of nitrogens with one attached hydrogen (secondary N) is 1. The van der Waals surface area contributed by atoms with Gasteiger partial charge in [-0.25, -0.2) is 0 Å². The first-order valence-corrected chi connectivity index (χ1v) is 7.51. The molecule has 0 amide bonds. The number of nitrogens with two attached hydrogens (primary N) is 1. The summed E-state index contributed by atoms with van der Waals surface area (Å²) in [6.07, 6.45) is 0. The number of nitrogen functional groups attached to an aromatic ring is 1. The van der Waals surface area contributed by atoms with Crippen molar-refractivity contribution in [2.75, 3.05) is 11.1 Å². The number of hydrogen-bond acceptors (Lipinski definition) is 6. The van der Waals surface area contributed by atoms with Gasteiger partial charge >= 0.3 is 0 Å². The van der Waals surface area contributed by atoms with Gasteiger partial charge in [-0.2, -0.15) is 8.42 Å². The van der Waals surface area contributed by atoms with Crippen LogP contribution in [0.2, 0.25) is 0 Å². The summed E-state index contributed by atoms with van der Waals surface area (Å²) in [5, 5.41) is 13.9. The lowest BCUT2D eigenvalue weighted by Crippen LogP contribution is -2.02. The van der Waals surface area contributed by atoms with E-state index in [0.29, 0.717) is 11.4 Å². The van der Waals surface area contributed by atoms with E-state index in [1.54, 1.807) is 18.2 Å². The summed E-state index contributed by atoms with van der Waals surface area (Å²) in [5.41, 5.74) is 7.27. The SMILES string of the molecule is Cc1ccc(Nc2ccc(S(=O)(=O)O)cc2[N+](=O)[O-])cc1N. The normalized spacial score (nSPS) is 11.2. The van der Waals surface area contributed by atoms with Crippen LogP contribution in [0, 0.1) is 17.0 Å². The van der Waals surface area contributed by atoms with Gasteiger partial charge in [0, 0.05) is 17.4 Å². The van der Waals surface area contributed by atoms with Crippen molar-refractivity contribution in [3.63, 3.8) is 0 Å². The number of nitro benzene ring substituents is 1. The first kappa shape index (κ1) is 15.7. The van der Waals surface area contributed by atoms with Crippen molar-refractivity contribution in [3.8, 4) is 0 Å². The molecule has 0 heterocycles. The molecule has 0 spiro atoms. The van der Waals surface area contributed by atoms with E-state index in [2.05, 4.69) is 5.32 Å². The average Bonchev–Trinajstić information content (AvgIpc) is 2.42. The second-order valence-corrected chi connectivity index (χ2v) is 6.03. The van der Waals surface area contributed by atoms with E-state index < -0.39 is 25.6 Å². The second-order valence-electron chi connectivity index (χ2n) is 4.61. The van der Waals surface area contributed by atoms with Crippen molar-refractivity contribution in [2.45, 2.75) is 11.8 Å². The third kappa shape index (κ3) is 3.32. The Bertz CT molecular complexity index is 849. The van der Waals surface area contributed by atoms with Crippen LogP contribution in [0.3, 0.4) is 0 Å². The number of anilines is 3. The molecular weight excluding hydrogens is 310 g/mol. The van der Waals surface area contributed by atoms with Crippen molar-refractivity contribution in [2.24, 2.45) is 0 Å². The Balaban J connectivity index is 2.46. The molecule has 8 nitrogen and oxygen atoms in total. The fourth-order valence-corrected chi connectivity index (χ4v) is 2.30. The maximum absolute atomic E-state index is 11.1. The van der Waals surface area contributed by atoms with E-state index >= 15 is 0 Å². The number of rotatable bonds is 4. The van der Waals surface area contributed by atoms with Gasteiger partial charge < -0.3 is 11.1 Å². The monoisotopic (exact) mass is 323 g/mol. The third-order valence-corrected chi connectivity index (χ3v) is 3.87. The van der Waals surface area contributed by atoms with Crippen molar-refractivity contribution in [3.05, 3.63) is 52.1 Å². The van der Waals surface area contributed by atoms with Gasteiger partial charge in [0.05, 0.1) is 4.92 Å². The van der Waals surface area contributed by atoms with Crippen LogP contribution >= 0.6 is 0 Å². The number of benzene rings is 2. The average molecular weight is 323 g/mol. The van der Waals surface area contributed by atoms with Gasteiger partial charge in [0.1, 0.15) is 10.6 Å². The van der Waals surface area contributed by atoms with Gasteiger partial charge in [-0.05, 0) is 36.8 Å². The lowest BCUT2D eigenvalue weighted by atomic mass is 10.2. The van der Waals surface area contributed by atoms with Crippen LogP contribution < -0.4 is 11.1 Å². The molecule has 0 aliphatic heterocycles. The molecule has 0 atom stereocenters. The van der Waals surface area contributed by atoms with E-state index in [9.17, 15) is 18.5 Å². The third-order valence-electron chi connectivity index (χ3n) is 3.02. The molecule has 0 bridgehead atoms.